The van der Waals surface area contributed by atoms with E-state index in [0.29, 0.717) is 5.76 Å². The molecule has 0 aliphatic heterocycles. The number of hydroxylamine groups is 2. The van der Waals surface area contributed by atoms with Crippen LogP contribution in [0.25, 0.3) is 0 Å². The van der Waals surface area contributed by atoms with Gasteiger partial charge in [0, 0.05) is 14.1 Å². The Morgan fingerprint density at radius 1 is 1.54 bits per heavy atom. The summed E-state index contributed by atoms with van der Waals surface area (Å²) < 4.78 is 26.3. The van der Waals surface area contributed by atoms with E-state index in [1.807, 2.05) is 0 Å². The number of phosphoric acid groups is 1. The quantitative estimate of drug-likeness (QED) is 0.381. The van der Waals surface area contributed by atoms with Crippen LogP contribution in [-0.4, -0.2) is 25.8 Å². The average molecular weight is 209 g/mol. The molecule has 0 aromatic heterocycles. The number of phosphoric ester groups is 1. The van der Waals surface area contributed by atoms with Gasteiger partial charge in [-0.25, -0.2) is 4.57 Å². The van der Waals surface area contributed by atoms with Crippen molar-refractivity contribution in [3.63, 3.8) is 0 Å². The zero-order chi connectivity index (χ0) is 10.5. The molecule has 0 bridgehead atoms. The molecule has 0 aromatic rings. The second-order valence-electron chi connectivity index (χ2n) is 2.55. The maximum Gasteiger partial charge on any atom is 0.546 e. The number of allylic oxidation sites excluding steroid dienone is 1. The molecule has 0 aromatic carbocycles. The fourth-order valence-corrected chi connectivity index (χ4v) is 1.85. The highest BCUT2D eigenvalue weighted by Crippen LogP contribution is 2.51. The second kappa shape index (κ2) is 5.40. The largest absolute Gasteiger partial charge is 0.546 e. The molecule has 5 nitrogen and oxygen atoms in total. The Hall–Kier alpha value is -0.350. The summed E-state index contributed by atoms with van der Waals surface area (Å²) >= 11 is 0. The van der Waals surface area contributed by atoms with Crippen molar-refractivity contribution in [1.82, 2.24) is 5.06 Å². The number of hydrogen-bond acceptors (Lipinski definition) is 5. The molecular weight excluding hydrogens is 193 g/mol. The molecule has 0 N–H and O–H groups in total. The van der Waals surface area contributed by atoms with Crippen LogP contribution in [0.15, 0.2) is 12.3 Å². The first-order valence-electron chi connectivity index (χ1n) is 3.86. The van der Waals surface area contributed by atoms with E-state index in [9.17, 15) is 4.57 Å². The Morgan fingerprint density at radius 3 is 2.38 bits per heavy atom. The molecule has 1 unspecified atom stereocenters. The summed E-state index contributed by atoms with van der Waals surface area (Å²) in [6.07, 6.45) is 0. The van der Waals surface area contributed by atoms with Crippen LogP contribution in [0.1, 0.15) is 13.8 Å². The second-order valence-corrected chi connectivity index (χ2v) is 4.05. The fourth-order valence-electron chi connectivity index (χ4n) is 0.616. The summed E-state index contributed by atoms with van der Waals surface area (Å²) in [5, 5.41) is 1.26. The van der Waals surface area contributed by atoms with E-state index in [1.165, 1.54) is 5.06 Å². The van der Waals surface area contributed by atoms with Gasteiger partial charge in [-0.05, 0) is 13.8 Å². The van der Waals surface area contributed by atoms with Gasteiger partial charge in [0.2, 0.25) is 0 Å². The summed E-state index contributed by atoms with van der Waals surface area (Å²) in [6, 6.07) is 0. The smallest absolute Gasteiger partial charge is 0.409 e. The highest BCUT2D eigenvalue weighted by molar-refractivity contribution is 7.48. The lowest BCUT2D eigenvalue weighted by Gasteiger charge is -2.20. The van der Waals surface area contributed by atoms with Gasteiger partial charge in [-0.2, -0.15) is 9.69 Å². The molecule has 0 amide bonds. The molecule has 0 fully saturated rings. The van der Waals surface area contributed by atoms with Crippen molar-refractivity contribution in [1.29, 1.82) is 0 Å². The van der Waals surface area contributed by atoms with Gasteiger partial charge in [0.15, 0.2) is 0 Å². The minimum Gasteiger partial charge on any atom is -0.409 e. The van der Waals surface area contributed by atoms with Crippen LogP contribution in [-0.2, 0) is 18.2 Å². The third-order valence-corrected chi connectivity index (χ3v) is 2.45. The van der Waals surface area contributed by atoms with E-state index in [4.69, 9.17) is 13.7 Å². The van der Waals surface area contributed by atoms with Crippen molar-refractivity contribution in [3.05, 3.63) is 12.3 Å². The predicted octanol–water partition coefficient (Wildman–Crippen LogP) is 2.17. The molecule has 0 aliphatic carbocycles. The first-order valence-corrected chi connectivity index (χ1v) is 5.32. The first kappa shape index (κ1) is 12.7. The predicted molar refractivity (Wildman–Crippen MR) is 49.9 cm³/mol. The summed E-state index contributed by atoms with van der Waals surface area (Å²) in [4.78, 5) is 0. The molecule has 0 saturated heterocycles. The lowest BCUT2D eigenvalue weighted by atomic mass is 10.7. The van der Waals surface area contributed by atoms with Crippen molar-refractivity contribution in [2.24, 2.45) is 0 Å². The number of rotatable bonds is 6. The van der Waals surface area contributed by atoms with Crippen molar-refractivity contribution in [2.75, 3.05) is 20.7 Å². The fraction of sp³-hybridized carbons (Fsp3) is 0.714. The molecule has 1 atom stereocenters. The molecule has 0 heterocycles. The normalized spacial score (nSPS) is 15.5. The molecule has 0 saturated carbocycles. The third kappa shape index (κ3) is 5.82. The van der Waals surface area contributed by atoms with E-state index in [0.717, 1.165) is 0 Å². The lowest BCUT2D eigenvalue weighted by Crippen LogP contribution is -2.13. The SMILES string of the molecule is C=C(C)OP(=O)(OCC)ON(C)C. The van der Waals surface area contributed by atoms with Crippen LogP contribution in [0.3, 0.4) is 0 Å². The zero-order valence-corrected chi connectivity index (χ0v) is 9.34. The maximum absolute atomic E-state index is 11.7. The van der Waals surface area contributed by atoms with Crippen molar-refractivity contribution < 1.29 is 18.2 Å². The minimum absolute atomic E-state index is 0.248. The molecule has 0 rings (SSSR count). The number of nitrogens with zero attached hydrogens (tertiary/aromatic N) is 1. The van der Waals surface area contributed by atoms with Gasteiger partial charge in [0.1, 0.15) is 0 Å². The molecule has 0 spiro atoms. The lowest BCUT2D eigenvalue weighted by molar-refractivity contribution is -0.0438. The van der Waals surface area contributed by atoms with Crippen LogP contribution in [0, 0.1) is 0 Å². The van der Waals surface area contributed by atoms with Gasteiger partial charge < -0.3 is 4.52 Å². The van der Waals surface area contributed by atoms with E-state index in [2.05, 4.69) is 6.58 Å². The van der Waals surface area contributed by atoms with Gasteiger partial charge in [-0.1, -0.05) is 6.58 Å². The van der Waals surface area contributed by atoms with Gasteiger partial charge in [-0.3, -0.25) is 4.52 Å². The molecular formula is C7H16NO4P. The van der Waals surface area contributed by atoms with Crippen LogP contribution >= 0.6 is 7.82 Å². The van der Waals surface area contributed by atoms with Gasteiger partial charge in [0.25, 0.3) is 0 Å². The molecule has 78 valence electrons. The molecule has 0 radical (unpaired) electrons. The summed E-state index contributed by atoms with van der Waals surface area (Å²) in [6.45, 7) is 6.98. The minimum atomic E-state index is -3.51. The standard InChI is InChI=1S/C7H16NO4P/c1-6-10-13(9,11-7(2)3)12-8(4)5/h2,6H2,1,3-5H3. The molecule has 6 heteroatoms. The Bertz CT molecular complexity index is 217. The Labute approximate surface area is 78.8 Å². The molecule has 13 heavy (non-hydrogen) atoms. The van der Waals surface area contributed by atoms with E-state index in [1.54, 1.807) is 27.9 Å². The van der Waals surface area contributed by atoms with Crippen LogP contribution in [0.4, 0.5) is 0 Å². The summed E-state index contributed by atoms with van der Waals surface area (Å²) in [5.41, 5.74) is 0. The monoisotopic (exact) mass is 209 g/mol. The summed E-state index contributed by atoms with van der Waals surface area (Å²) in [7, 11) is -0.324. The zero-order valence-electron chi connectivity index (χ0n) is 8.44. The van der Waals surface area contributed by atoms with Crippen LogP contribution in [0.5, 0.6) is 0 Å². The topological polar surface area (TPSA) is 48.0 Å². The highest BCUT2D eigenvalue weighted by Gasteiger charge is 2.29. The molecule has 0 aliphatic rings. The Morgan fingerprint density at radius 2 is 2.08 bits per heavy atom. The Kier molecular flexibility index (Phi) is 5.25. The van der Waals surface area contributed by atoms with Crippen molar-refractivity contribution in [2.45, 2.75) is 13.8 Å². The van der Waals surface area contributed by atoms with E-state index in [-0.39, 0.29) is 6.61 Å². The number of hydrogen-bond donors (Lipinski definition) is 0. The third-order valence-electron chi connectivity index (χ3n) is 0.818. The van der Waals surface area contributed by atoms with E-state index >= 15 is 0 Å². The van der Waals surface area contributed by atoms with Crippen LogP contribution in [0.2, 0.25) is 0 Å². The first-order chi connectivity index (χ1) is 5.89. The highest BCUT2D eigenvalue weighted by atomic mass is 31.2. The average Bonchev–Trinajstić information content (AvgIpc) is 1.81. The van der Waals surface area contributed by atoms with Gasteiger partial charge in [0.05, 0.1) is 12.4 Å². The van der Waals surface area contributed by atoms with Crippen LogP contribution < -0.4 is 0 Å². The summed E-state index contributed by atoms with van der Waals surface area (Å²) in [5.74, 6) is 0.290. The van der Waals surface area contributed by atoms with Crippen molar-refractivity contribution >= 4 is 7.82 Å². The maximum atomic E-state index is 11.7. The van der Waals surface area contributed by atoms with Gasteiger partial charge >= 0.3 is 7.82 Å². The van der Waals surface area contributed by atoms with E-state index < -0.39 is 7.82 Å². The van der Waals surface area contributed by atoms with Crippen molar-refractivity contribution in [3.8, 4) is 0 Å². The Balaban J connectivity index is 4.34. The van der Waals surface area contributed by atoms with Gasteiger partial charge in [-0.15, -0.1) is 0 Å².